The zero-order chi connectivity index (χ0) is 30.7. The Kier molecular flexibility index (Phi) is 20.2. The molecule has 9 heteroatoms. The van der Waals surface area contributed by atoms with Crippen molar-refractivity contribution in [3.8, 4) is 0 Å². The topological polar surface area (TPSA) is 142 Å². The molecule has 236 valence electrons. The number of carbonyl (C=O) groups is 3. The Balaban J connectivity index is 0.000000897. The number of likely N-dealkylation sites (tertiary alicyclic amines) is 1. The summed E-state index contributed by atoms with van der Waals surface area (Å²) in [7, 11) is 0. The lowest BCUT2D eigenvalue weighted by atomic mass is 9.84. The quantitative estimate of drug-likeness (QED) is 0.168. The number of nitrogens with two attached hydrogens (primary N) is 1. The van der Waals surface area contributed by atoms with Gasteiger partial charge >= 0.3 is 11.9 Å². The van der Waals surface area contributed by atoms with Gasteiger partial charge in [-0.2, -0.15) is 0 Å². The number of aliphatic hydroxyl groups is 1. The zero-order valence-electron chi connectivity index (χ0n) is 26.5. The first kappa shape index (κ1) is 38.3. The lowest BCUT2D eigenvalue weighted by molar-refractivity contribution is -0.152. The van der Waals surface area contributed by atoms with Crippen molar-refractivity contribution in [2.75, 3.05) is 13.2 Å². The summed E-state index contributed by atoms with van der Waals surface area (Å²) >= 11 is 0. The Bertz CT molecular complexity index is 700. The van der Waals surface area contributed by atoms with Crippen LogP contribution < -0.4 is 11.1 Å². The van der Waals surface area contributed by atoms with Crippen LogP contribution in [0.4, 0.5) is 0 Å². The monoisotopic (exact) mass is 571 g/mol. The van der Waals surface area contributed by atoms with Gasteiger partial charge in [-0.05, 0) is 72.6 Å². The lowest BCUT2D eigenvalue weighted by Crippen LogP contribution is -2.55. The molecule has 5 N–H and O–H groups in total. The van der Waals surface area contributed by atoms with E-state index >= 15 is 0 Å². The molecule has 0 aromatic rings. The van der Waals surface area contributed by atoms with Crippen molar-refractivity contribution in [1.82, 2.24) is 10.2 Å². The maximum atomic E-state index is 13.1. The van der Waals surface area contributed by atoms with Gasteiger partial charge in [0.25, 0.3) is 0 Å². The van der Waals surface area contributed by atoms with E-state index < -0.39 is 24.1 Å². The number of esters is 1. The minimum absolute atomic E-state index is 0. The number of fused-ring (bicyclic) bond motifs is 1. The van der Waals surface area contributed by atoms with Crippen molar-refractivity contribution in [1.29, 1.82) is 0 Å². The van der Waals surface area contributed by atoms with E-state index in [1.54, 1.807) is 18.7 Å². The van der Waals surface area contributed by atoms with Crippen molar-refractivity contribution >= 4 is 17.8 Å². The third-order valence-corrected chi connectivity index (χ3v) is 7.11. The second-order valence-electron chi connectivity index (χ2n) is 12.3. The fraction of sp³-hybridized carbons (Fsp3) is 0.903. The summed E-state index contributed by atoms with van der Waals surface area (Å²) in [4.78, 5) is 38.5. The van der Waals surface area contributed by atoms with Crippen LogP contribution in [0.5, 0.6) is 0 Å². The number of carboxylic acids is 1. The van der Waals surface area contributed by atoms with E-state index in [0.29, 0.717) is 26.1 Å². The number of amides is 1. The van der Waals surface area contributed by atoms with Gasteiger partial charge in [-0.3, -0.25) is 14.9 Å². The summed E-state index contributed by atoms with van der Waals surface area (Å²) in [6.45, 7) is 14.2. The molecular weight excluding hydrogens is 510 g/mol. The molecule has 0 unspecified atom stereocenters. The van der Waals surface area contributed by atoms with E-state index in [1.807, 2.05) is 27.7 Å². The van der Waals surface area contributed by atoms with E-state index in [9.17, 15) is 19.5 Å². The lowest BCUT2D eigenvalue weighted by Gasteiger charge is -2.35. The first-order chi connectivity index (χ1) is 18.8. The number of ether oxygens (including phenoxy) is 1. The van der Waals surface area contributed by atoms with Gasteiger partial charge in [0.05, 0.1) is 12.6 Å². The number of hydrogen-bond acceptors (Lipinski definition) is 7. The van der Waals surface area contributed by atoms with Crippen LogP contribution in [0.15, 0.2) is 0 Å². The molecule has 0 aromatic heterocycles. The van der Waals surface area contributed by atoms with Crippen LogP contribution in [0.1, 0.15) is 132 Å². The minimum Gasteiger partial charge on any atom is -0.480 e. The van der Waals surface area contributed by atoms with Gasteiger partial charge in [0.15, 0.2) is 0 Å². The SMILES string of the molecule is CC(C)(C)N.CCCCCCCCO.CCC[C@H](N[C@@H](C)C(=O)N1[C@H](C(=O)O)C[C@@H]2CCCC[C@@H]21)C(=O)OCC. The van der Waals surface area contributed by atoms with Crippen LogP contribution in [0.2, 0.25) is 0 Å². The third-order valence-electron chi connectivity index (χ3n) is 7.11. The first-order valence-electron chi connectivity index (χ1n) is 15.7. The Morgan fingerprint density at radius 3 is 2.10 bits per heavy atom. The smallest absolute Gasteiger partial charge is 0.326 e. The molecule has 40 heavy (non-hydrogen) atoms. The number of nitrogens with zero attached hydrogens (tertiary/aromatic N) is 1. The Morgan fingerprint density at radius 2 is 1.57 bits per heavy atom. The van der Waals surface area contributed by atoms with Gasteiger partial charge in [-0.15, -0.1) is 0 Å². The molecular formula is C31H61N3O6. The highest BCUT2D eigenvalue weighted by atomic mass is 16.5. The van der Waals surface area contributed by atoms with Gasteiger partial charge in [-0.1, -0.05) is 65.2 Å². The average molecular weight is 572 g/mol. The molecule has 9 nitrogen and oxygen atoms in total. The summed E-state index contributed by atoms with van der Waals surface area (Å²) in [6.07, 6.45) is 13.4. The van der Waals surface area contributed by atoms with E-state index in [0.717, 1.165) is 38.5 Å². The zero-order valence-corrected chi connectivity index (χ0v) is 26.5. The molecule has 1 aliphatic heterocycles. The predicted molar refractivity (Wildman–Crippen MR) is 161 cm³/mol. The van der Waals surface area contributed by atoms with Gasteiger partial charge in [0.1, 0.15) is 12.1 Å². The number of carboxylic acid groups (broad SMARTS) is 1. The molecule has 1 amide bonds. The van der Waals surface area contributed by atoms with Crippen LogP contribution in [0, 0.1) is 5.92 Å². The number of aliphatic hydroxyl groups excluding tert-OH is 1. The van der Waals surface area contributed by atoms with Crippen LogP contribution >= 0.6 is 0 Å². The maximum Gasteiger partial charge on any atom is 0.326 e. The number of hydrogen-bond donors (Lipinski definition) is 4. The van der Waals surface area contributed by atoms with Crippen molar-refractivity contribution in [3.63, 3.8) is 0 Å². The average Bonchev–Trinajstić information content (AvgIpc) is 3.27. The molecule has 1 aliphatic carbocycles. The fourth-order valence-electron chi connectivity index (χ4n) is 5.29. The fourth-order valence-corrected chi connectivity index (χ4v) is 5.29. The Labute approximate surface area is 244 Å². The Morgan fingerprint density at radius 1 is 1.00 bits per heavy atom. The molecule has 2 fully saturated rings. The number of aliphatic carboxylic acids is 1. The van der Waals surface area contributed by atoms with Gasteiger partial charge in [0, 0.05) is 18.2 Å². The highest BCUT2D eigenvalue weighted by Crippen LogP contribution is 2.40. The van der Waals surface area contributed by atoms with Crippen LogP contribution in [0.25, 0.3) is 0 Å². The molecule has 5 atom stereocenters. The van der Waals surface area contributed by atoms with E-state index in [1.165, 1.54) is 32.1 Å². The van der Waals surface area contributed by atoms with E-state index in [4.69, 9.17) is 15.6 Å². The molecule has 1 saturated carbocycles. The molecule has 1 heterocycles. The summed E-state index contributed by atoms with van der Waals surface area (Å²) in [5.41, 5.74) is 5.35. The molecule has 2 aliphatic rings. The van der Waals surface area contributed by atoms with Crippen molar-refractivity contribution in [3.05, 3.63) is 0 Å². The third kappa shape index (κ3) is 15.9. The molecule has 0 spiro atoms. The molecule has 0 bridgehead atoms. The molecule has 1 saturated heterocycles. The number of nitrogens with one attached hydrogen (secondary N) is 1. The van der Waals surface area contributed by atoms with Gasteiger partial charge in [0.2, 0.25) is 5.91 Å². The van der Waals surface area contributed by atoms with E-state index in [2.05, 4.69) is 12.2 Å². The van der Waals surface area contributed by atoms with Crippen molar-refractivity contribution in [2.24, 2.45) is 11.7 Å². The largest absolute Gasteiger partial charge is 0.480 e. The standard InChI is InChI=1S/C19H32N2O5.C8H18O.C4H11N/c1-4-8-14(19(25)26-5-2)20-12(3)17(22)21-15-10-7-6-9-13(15)11-16(21)18(23)24;1-2-3-4-5-6-7-8-9;1-4(2,3)5/h12-16,20H,4-11H2,1-3H3,(H,23,24);9H,2-8H2,1H3;5H2,1-3H3/t12-,13-,14-,15-,16-;;/m0../s1. The summed E-state index contributed by atoms with van der Waals surface area (Å²) in [6, 6.07) is -1.92. The van der Waals surface area contributed by atoms with Crippen LogP contribution in [-0.2, 0) is 19.1 Å². The number of rotatable bonds is 14. The maximum absolute atomic E-state index is 13.1. The van der Waals surface area contributed by atoms with Crippen LogP contribution in [-0.4, -0.2) is 75.9 Å². The minimum atomic E-state index is -0.935. The van der Waals surface area contributed by atoms with Gasteiger partial charge in [-0.25, -0.2) is 4.79 Å². The van der Waals surface area contributed by atoms with Crippen LogP contribution in [0.3, 0.4) is 0 Å². The highest BCUT2D eigenvalue weighted by molar-refractivity contribution is 5.88. The van der Waals surface area contributed by atoms with Gasteiger partial charge < -0.3 is 25.6 Å². The van der Waals surface area contributed by atoms with Crippen molar-refractivity contribution < 1.29 is 29.3 Å². The number of carbonyl (C=O) groups excluding carboxylic acids is 2. The number of unbranched alkanes of at least 4 members (excludes halogenated alkanes) is 5. The second-order valence-corrected chi connectivity index (χ2v) is 12.3. The molecule has 2 rings (SSSR count). The molecule has 0 radical (unpaired) electrons. The van der Waals surface area contributed by atoms with Crippen molar-refractivity contribution in [2.45, 2.75) is 162 Å². The summed E-state index contributed by atoms with van der Waals surface area (Å²) < 4.78 is 5.09. The highest BCUT2D eigenvalue weighted by Gasteiger charge is 2.48. The molecule has 0 aromatic carbocycles. The van der Waals surface area contributed by atoms with E-state index in [-0.39, 0.29) is 29.4 Å². The predicted octanol–water partition coefficient (Wildman–Crippen LogP) is 5.02. The summed E-state index contributed by atoms with van der Waals surface area (Å²) in [5, 5.41) is 21.1. The first-order valence-corrected chi connectivity index (χ1v) is 15.7. The summed E-state index contributed by atoms with van der Waals surface area (Å²) in [5.74, 6) is -1.24. The normalized spacial score (nSPS) is 21.6. The Hall–Kier alpha value is -1.71. The second kappa shape index (κ2) is 21.1.